The maximum absolute atomic E-state index is 13.4. The zero-order valence-electron chi connectivity index (χ0n) is 19.2. The first kappa shape index (κ1) is 23.8. The fourth-order valence-electron chi connectivity index (χ4n) is 3.75. The fourth-order valence-corrected chi connectivity index (χ4v) is 4.03. The summed E-state index contributed by atoms with van der Waals surface area (Å²) in [5.74, 6) is 0.436. The number of aryl methyl sites for hydroxylation is 2. The van der Waals surface area contributed by atoms with Crippen molar-refractivity contribution in [1.29, 1.82) is 0 Å². The Bertz CT molecular complexity index is 1370. The molecule has 3 aromatic heterocycles. The molecular weight excluding hydrogens is 452 g/mol. The molecule has 34 heavy (non-hydrogen) atoms. The van der Waals surface area contributed by atoms with Crippen LogP contribution in [0.25, 0.3) is 33.4 Å². The van der Waals surface area contributed by atoms with Crippen molar-refractivity contribution < 1.29 is 4.74 Å². The number of nitrogens with zero attached hydrogens (tertiary/aromatic N) is 4. The first-order valence-corrected chi connectivity index (χ1v) is 11.6. The molecule has 4 rings (SSSR count). The van der Waals surface area contributed by atoms with Gasteiger partial charge in [-0.15, -0.1) is 0 Å². The van der Waals surface area contributed by atoms with E-state index in [9.17, 15) is 4.79 Å². The molecule has 9 heteroatoms. The lowest BCUT2D eigenvalue weighted by Crippen LogP contribution is -2.23. The summed E-state index contributed by atoms with van der Waals surface area (Å²) in [5.41, 5.74) is 9.64. The third-order valence-corrected chi connectivity index (χ3v) is 5.69. The van der Waals surface area contributed by atoms with Crippen LogP contribution in [0.2, 0.25) is 5.02 Å². The van der Waals surface area contributed by atoms with Gasteiger partial charge in [-0.3, -0.25) is 14.3 Å². The van der Waals surface area contributed by atoms with Gasteiger partial charge in [-0.05, 0) is 38.1 Å². The molecule has 176 valence electrons. The topological polar surface area (TPSA) is 108 Å². The average Bonchev–Trinajstić information content (AvgIpc) is 2.84. The number of pyridine rings is 2. The standard InChI is InChI=1S/C25H27ClN6O2/c1-3-32-23-18(15-29-25(31-23)28-10-12-34-11-9-27)13-20(24(32)33)19-8-7-17(14-21(19)26)22-6-4-5-16(2)30-22/h4-8,13-15H,3,9-12,27H2,1-2H3,(H,28,29,31). The number of rotatable bonds is 9. The number of nitrogens with one attached hydrogen (secondary N) is 1. The van der Waals surface area contributed by atoms with Crippen LogP contribution in [-0.4, -0.2) is 45.8 Å². The van der Waals surface area contributed by atoms with E-state index in [1.165, 1.54) is 0 Å². The van der Waals surface area contributed by atoms with Crippen LogP contribution >= 0.6 is 11.6 Å². The molecule has 0 atom stereocenters. The maximum atomic E-state index is 13.4. The number of nitrogens with two attached hydrogens (primary N) is 1. The van der Waals surface area contributed by atoms with Crippen LogP contribution in [0.5, 0.6) is 0 Å². The van der Waals surface area contributed by atoms with E-state index < -0.39 is 0 Å². The lowest BCUT2D eigenvalue weighted by molar-refractivity contribution is 0.151. The van der Waals surface area contributed by atoms with E-state index >= 15 is 0 Å². The van der Waals surface area contributed by atoms with Crippen molar-refractivity contribution in [3.05, 3.63) is 69.7 Å². The minimum absolute atomic E-state index is 0.158. The van der Waals surface area contributed by atoms with Crippen LogP contribution < -0.4 is 16.6 Å². The van der Waals surface area contributed by atoms with Crippen molar-refractivity contribution >= 4 is 28.6 Å². The summed E-state index contributed by atoms with van der Waals surface area (Å²) in [6.07, 6.45) is 1.71. The Morgan fingerprint density at radius 2 is 1.97 bits per heavy atom. The highest BCUT2D eigenvalue weighted by Crippen LogP contribution is 2.31. The lowest BCUT2D eigenvalue weighted by Gasteiger charge is -2.13. The van der Waals surface area contributed by atoms with Crippen molar-refractivity contribution in [2.24, 2.45) is 5.73 Å². The molecule has 0 aliphatic heterocycles. The van der Waals surface area contributed by atoms with E-state index in [0.29, 0.717) is 60.6 Å². The summed E-state index contributed by atoms with van der Waals surface area (Å²) < 4.78 is 6.99. The van der Waals surface area contributed by atoms with E-state index in [2.05, 4.69) is 20.3 Å². The second-order valence-electron chi connectivity index (χ2n) is 7.77. The van der Waals surface area contributed by atoms with Crippen LogP contribution in [0.1, 0.15) is 12.6 Å². The normalized spacial score (nSPS) is 11.2. The summed E-state index contributed by atoms with van der Waals surface area (Å²) in [6, 6.07) is 13.3. The highest BCUT2D eigenvalue weighted by molar-refractivity contribution is 6.33. The minimum atomic E-state index is -0.158. The number of fused-ring (bicyclic) bond motifs is 1. The Hall–Kier alpha value is -3.33. The van der Waals surface area contributed by atoms with E-state index in [1.807, 2.05) is 50.2 Å². The molecule has 4 aromatic rings. The molecule has 0 spiro atoms. The molecule has 3 N–H and O–H groups in total. The third kappa shape index (κ3) is 5.09. The Morgan fingerprint density at radius 1 is 1.12 bits per heavy atom. The average molecular weight is 479 g/mol. The molecule has 0 aliphatic carbocycles. The zero-order valence-corrected chi connectivity index (χ0v) is 20.0. The smallest absolute Gasteiger partial charge is 0.260 e. The van der Waals surface area contributed by atoms with Crippen LogP contribution in [0.4, 0.5) is 5.95 Å². The monoisotopic (exact) mass is 478 g/mol. The number of halogens is 1. The number of aromatic nitrogens is 4. The van der Waals surface area contributed by atoms with E-state index in [-0.39, 0.29) is 5.56 Å². The second-order valence-corrected chi connectivity index (χ2v) is 8.17. The van der Waals surface area contributed by atoms with Crippen molar-refractivity contribution in [2.45, 2.75) is 20.4 Å². The van der Waals surface area contributed by atoms with Gasteiger partial charge in [0.05, 0.1) is 18.9 Å². The molecule has 0 bridgehead atoms. The molecule has 8 nitrogen and oxygen atoms in total. The maximum Gasteiger partial charge on any atom is 0.260 e. The third-order valence-electron chi connectivity index (χ3n) is 5.38. The SMILES string of the molecule is CCn1c(=O)c(-c2ccc(-c3cccc(C)n3)cc2Cl)cc2cnc(NCCOCCN)nc21. The van der Waals surface area contributed by atoms with Crippen molar-refractivity contribution in [1.82, 2.24) is 19.5 Å². The van der Waals surface area contributed by atoms with Crippen LogP contribution in [0.15, 0.2) is 53.5 Å². The first-order valence-electron chi connectivity index (χ1n) is 11.2. The van der Waals surface area contributed by atoms with Gasteiger partial charge in [0.2, 0.25) is 5.95 Å². The molecule has 3 heterocycles. The highest BCUT2D eigenvalue weighted by Gasteiger charge is 2.15. The number of hydrogen-bond acceptors (Lipinski definition) is 7. The predicted octanol–water partition coefficient (Wildman–Crippen LogP) is 3.89. The number of anilines is 1. The van der Waals surface area contributed by atoms with Crippen LogP contribution in [0.3, 0.4) is 0 Å². The second kappa shape index (κ2) is 10.7. The summed E-state index contributed by atoms with van der Waals surface area (Å²) in [5, 5.41) is 4.35. The molecule has 0 aliphatic rings. The van der Waals surface area contributed by atoms with E-state index in [1.54, 1.807) is 16.8 Å². The Kier molecular flexibility index (Phi) is 7.52. The van der Waals surface area contributed by atoms with Crippen LogP contribution in [-0.2, 0) is 11.3 Å². The van der Waals surface area contributed by atoms with Gasteiger partial charge in [-0.2, -0.15) is 4.98 Å². The number of hydrogen-bond donors (Lipinski definition) is 2. The molecule has 0 saturated heterocycles. The van der Waals surface area contributed by atoms with Gasteiger partial charge in [0, 0.05) is 58.6 Å². The largest absolute Gasteiger partial charge is 0.378 e. The van der Waals surface area contributed by atoms with Crippen molar-refractivity contribution in [2.75, 3.05) is 31.6 Å². The zero-order chi connectivity index (χ0) is 24.1. The predicted molar refractivity (Wildman–Crippen MR) is 136 cm³/mol. The van der Waals surface area contributed by atoms with Crippen LogP contribution in [0, 0.1) is 6.92 Å². The summed E-state index contributed by atoms with van der Waals surface area (Å²) in [7, 11) is 0. The quantitative estimate of drug-likeness (QED) is 0.351. The fraction of sp³-hybridized carbons (Fsp3) is 0.280. The van der Waals surface area contributed by atoms with Gasteiger partial charge in [-0.25, -0.2) is 4.98 Å². The molecule has 0 saturated carbocycles. The van der Waals surface area contributed by atoms with Gasteiger partial charge >= 0.3 is 0 Å². The Labute approximate surface area is 202 Å². The van der Waals surface area contributed by atoms with E-state index in [0.717, 1.165) is 22.3 Å². The summed E-state index contributed by atoms with van der Waals surface area (Å²) >= 11 is 6.65. The number of benzene rings is 1. The van der Waals surface area contributed by atoms with E-state index in [4.69, 9.17) is 22.1 Å². The van der Waals surface area contributed by atoms with Gasteiger partial charge in [-0.1, -0.05) is 29.8 Å². The Morgan fingerprint density at radius 3 is 2.71 bits per heavy atom. The van der Waals surface area contributed by atoms with Crippen molar-refractivity contribution in [3.63, 3.8) is 0 Å². The van der Waals surface area contributed by atoms with Gasteiger partial charge in [0.15, 0.2) is 0 Å². The van der Waals surface area contributed by atoms with Gasteiger partial charge < -0.3 is 15.8 Å². The lowest BCUT2D eigenvalue weighted by atomic mass is 10.0. The Balaban J connectivity index is 1.69. The molecule has 1 aromatic carbocycles. The summed E-state index contributed by atoms with van der Waals surface area (Å²) in [4.78, 5) is 26.9. The minimum Gasteiger partial charge on any atom is -0.378 e. The first-order chi connectivity index (χ1) is 16.5. The molecule has 0 unspecified atom stereocenters. The van der Waals surface area contributed by atoms with Crippen molar-refractivity contribution in [3.8, 4) is 22.4 Å². The van der Waals surface area contributed by atoms with Gasteiger partial charge in [0.1, 0.15) is 5.65 Å². The highest BCUT2D eigenvalue weighted by atomic mass is 35.5. The molecule has 0 amide bonds. The molecular formula is C25H27ClN6O2. The molecule has 0 fully saturated rings. The van der Waals surface area contributed by atoms with Gasteiger partial charge in [0.25, 0.3) is 5.56 Å². The molecule has 0 radical (unpaired) electrons. The summed E-state index contributed by atoms with van der Waals surface area (Å²) in [6.45, 7) is 6.33. The number of ether oxygens (including phenoxy) is 1.